The molecule has 3 rings (SSSR count). The highest BCUT2D eigenvalue weighted by molar-refractivity contribution is 7.99. The lowest BCUT2D eigenvalue weighted by Gasteiger charge is -2.36. The molecule has 2 aliphatic heterocycles. The third kappa shape index (κ3) is 1.95. The van der Waals surface area contributed by atoms with Crippen LogP contribution in [0.1, 0.15) is 6.42 Å². The molecular formula is C13H18N2OS. The monoisotopic (exact) mass is 250 g/mol. The molecule has 2 aliphatic rings. The van der Waals surface area contributed by atoms with Gasteiger partial charge in [-0.2, -0.15) is 11.8 Å². The largest absolute Gasteiger partial charge is 0.495 e. The molecule has 0 radical (unpaired) electrons. The van der Waals surface area contributed by atoms with Crippen LogP contribution >= 0.6 is 11.8 Å². The highest BCUT2D eigenvalue weighted by Crippen LogP contribution is 2.39. The lowest BCUT2D eigenvalue weighted by molar-refractivity contribution is 0.416. The van der Waals surface area contributed by atoms with Crippen molar-refractivity contribution in [3.05, 3.63) is 18.2 Å². The SMILES string of the molecule is COc1cccc2c1NCCC1CSCCN21. The van der Waals surface area contributed by atoms with Crippen LogP contribution in [0.2, 0.25) is 0 Å². The smallest absolute Gasteiger partial charge is 0.144 e. The normalized spacial score (nSPS) is 23.1. The minimum atomic E-state index is 0.676. The molecule has 0 saturated carbocycles. The van der Waals surface area contributed by atoms with Crippen LogP contribution in [-0.4, -0.2) is 37.7 Å². The van der Waals surface area contributed by atoms with Crippen molar-refractivity contribution in [1.82, 2.24) is 0 Å². The lowest BCUT2D eigenvalue weighted by Crippen LogP contribution is -2.42. The second kappa shape index (κ2) is 4.69. The summed E-state index contributed by atoms with van der Waals surface area (Å²) in [7, 11) is 1.74. The summed E-state index contributed by atoms with van der Waals surface area (Å²) in [6, 6.07) is 7.00. The summed E-state index contributed by atoms with van der Waals surface area (Å²) in [5, 5.41) is 3.53. The van der Waals surface area contributed by atoms with E-state index in [0.29, 0.717) is 6.04 Å². The standard InChI is InChI=1S/C13H18N2OS/c1-16-12-4-2-3-11-13(12)14-6-5-10-9-17-8-7-15(10)11/h2-4,10,14H,5-9H2,1H3. The van der Waals surface area contributed by atoms with Gasteiger partial charge in [-0.3, -0.25) is 0 Å². The maximum absolute atomic E-state index is 5.45. The molecule has 1 aromatic carbocycles. The van der Waals surface area contributed by atoms with Gasteiger partial charge in [-0.15, -0.1) is 0 Å². The Balaban J connectivity index is 2.03. The van der Waals surface area contributed by atoms with Crippen LogP contribution in [0, 0.1) is 0 Å². The molecule has 1 atom stereocenters. The van der Waals surface area contributed by atoms with Crippen LogP contribution in [0.25, 0.3) is 0 Å². The van der Waals surface area contributed by atoms with E-state index in [4.69, 9.17) is 4.74 Å². The number of nitrogens with zero attached hydrogens (tertiary/aromatic N) is 1. The van der Waals surface area contributed by atoms with Crippen molar-refractivity contribution in [3.8, 4) is 5.75 Å². The quantitative estimate of drug-likeness (QED) is 0.827. The molecule has 1 aromatic rings. The van der Waals surface area contributed by atoms with E-state index in [2.05, 4.69) is 34.1 Å². The van der Waals surface area contributed by atoms with E-state index in [1.54, 1.807) is 7.11 Å². The average molecular weight is 250 g/mol. The van der Waals surface area contributed by atoms with Gasteiger partial charge < -0.3 is 15.0 Å². The summed E-state index contributed by atoms with van der Waals surface area (Å²) >= 11 is 2.07. The van der Waals surface area contributed by atoms with Gasteiger partial charge in [-0.1, -0.05) is 6.07 Å². The number of hydrogen-bond acceptors (Lipinski definition) is 4. The fraction of sp³-hybridized carbons (Fsp3) is 0.538. The topological polar surface area (TPSA) is 24.5 Å². The predicted molar refractivity (Wildman–Crippen MR) is 74.6 cm³/mol. The number of ether oxygens (including phenoxy) is 1. The van der Waals surface area contributed by atoms with Crippen molar-refractivity contribution in [2.45, 2.75) is 12.5 Å². The first-order valence-corrected chi connectivity index (χ1v) is 7.31. The number of para-hydroxylation sites is 1. The third-order valence-electron chi connectivity index (χ3n) is 3.54. The first-order chi connectivity index (χ1) is 8.40. The molecule has 4 heteroatoms. The van der Waals surface area contributed by atoms with Crippen molar-refractivity contribution < 1.29 is 4.74 Å². The Morgan fingerprint density at radius 3 is 3.29 bits per heavy atom. The number of benzene rings is 1. The van der Waals surface area contributed by atoms with Gasteiger partial charge in [0, 0.05) is 30.6 Å². The zero-order valence-corrected chi connectivity index (χ0v) is 10.9. The number of anilines is 2. The van der Waals surface area contributed by atoms with E-state index in [0.717, 1.165) is 18.8 Å². The average Bonchev–Trinajstić information content (AvgIpc) is 2.58. The molecule has 3 nitrogen and oxygen atoms in total. The first-order valence-electron chi connectivity index (χ1n) is 6.15. The Bertz CT molecular complexity index is 410. The Labute approximate surface area is 107 Å². The van der Waals surface area contributed by atoms with Crippen LogP contribution < -0.4 is 15.0 Å². The third-order valence-corrected chi connectivity index (χ3v) is 4.63. The van der Waals surface area contributed by atoms with E-state index in [-0.39, 0.29) is 0 Å². The summed E-state index contributed by atoms with van der Waals surface area (Å²) in [5.41, 5.74) is 2.48. The van der Waals surface area contributed by atoms with Crippen molar-refractivity contribution >= 4 is 23.1 Å². The molecule has 17 heavy (non-hydrogen) atoms. The Kier molecular flexibility index (Phi) is 3.05. The van der Waals surface area contributed by atoms with Crippen molar-refractivity contribution in [1.29, 1.82) is 0 Å². The van der Waals surface area contributed by atoms with E-state index in [9.17, 15) is 0 Å². The number of thioether (sulfide) groups is 1. The lowest BCUT2D eigenvalue weighted by atomic mass is 10.1. The summed E-state index contributed by atoms with van der Waals surface area (Å²) < 4.78 is 5.45. The summed E-state index contributed by atoms with van der Waals surface area (Å²) in [6.45, 7) is 2.19. The number of rotatable bonds is 1. The minimum absolute atomic E-state index is 0.676. The van der Waals surface area contributed by atoms with Gasteiger partial charge in [-0.05, 0) is 18.6 Å². The molecule has 0 aliphatic carbocycles. The minimum Gasteiger partial charge on any atom is -0.495 e. The molecule has 1 unspecified atom stereocenters. The van der Waals surface area contributed by atoms with Crippen LogP contribution in [0.5, 0.6) is 5.75 Å². The molecule has 0 aromatic heterocycles. The van der Waals surface area contributed by atoms with Gasteiger partial charge in [0.05, 0.1) is 12.8 Å². The second-order valence-corrected chi connectivity index (χ2v) is 5.64. The highest BCUT2D eigenvalue weighted by atomic mass is 32.2. The molecule has 1 N–H and O–H groups in total. The van der Waals surface area contributed by atoms with E-state index in [1.807, 2.05) is 6.07 Å². The first kappa shape index (κ1) is 11.1. The molecule has 0 spiro atoms. The van der Waals surface area contributed by atoms with Crippen LogP contribution in [0.15, 0.2) is 18.2 Å². The van der Waals surface area contributed by atoms with Crippen molar-refractivity contribution in [2.24, 2.45) is 0 Å². The van der Waals surface area contributed by atoms with Gasteiger partial charge in [0.15, 0.2) is 0 Å². The molecule has 1 fully saturated rings. The van der Waals surface area contributed by atoms with Gasteiger partial charge in [-0.25, -0.2) is 0 Å². The van der Waals surface area contributed by atoms with E-state index >= 15 is 0 Å². The summed E-state index contributed by atoms with van der Waals surface area (Å²) in [5.74, 6) is 3.44. The van der Waals surface area contributed by atoms with Gasteiger partial charge >= 0.3 is 0 Å². The number of hydrogen-bond donors (Lipinski definition) is 1. The van der Waals surface area contributed by atoms with Crippen LogP contribution in [-0.2, 0) is 0 Å². The zero-order valence-electron chi connectivity index (χ0n) is 10.1. The molecular weight excluding hydrogens is 232 g/mol. The fourth-order valence-corrected chi connectivity index (χ4v) is 3.79. The van der Waals surface area contributed by atoms with Crippen LogP contribution in [0.3, 0.4) is 0 Å². The second-order valence-electron chi connectivity index (χ2n) is 4.49. The number of nitrogens with one attached hydrogen (secondary N) is 1. The van der Waals surface area contributed by atoms with Crippen LogP contribution in [0.4, 0.5) is 11.4 Å². The molecule has 0 bridgehead atoms. The van der Waals surface area contributed by atoms with Gasteiger partial charge in [0.25, 0.3) is 0 Å². The maximum atomic E-state index is 5.45. The van der Waals surface area contributed by atoms with Crippen molar-refractivity contribution in [2.75, 3.05) is 41.9 Å². The zero-order chi connectivity index (χ0) is 11.7. The summed E-state index contributed by atoms with van der Waals surface area (Å²) in [6.07, 6.45) is 1.21. The molecule has 2 heterocycles. The maximum Gasteiger partial charge on any atom is 0.144 e. The van der Waals surface area contributed by atoms with Crippen molar-refractivity contribution in [3.63, 3.8) is 0 Å². The summed E-state index contributed by atoms with van der Waals surface area (Å²) in [4.78, 5) is 2.55. The number of fused-ring (bicyclic) bond motifs is 3. The molecule has 1 saturated heterocycles. The van der Waals surface area contributed by atoms with Gasteiger partial charge in [0.1, 0.15) is 11.4 Å². The van der Waals surface area contributed by atoms with Gasteiger partial charge in [0.2, 0.25) is 0 Å². The molecule has 92 valence electrons. The Morgan fingerprint density at radius 1 is 1.47 bits per heavy atom. The Morgan fingerprint density at radius 2 is 2.41 bits per heavy atom. The number of methoxy groups -OCH3 is 1. The van der Waals surface area contributed by atoms with E-state index in [1.165, 1.54) is 29.3 Å². The predicted octanol–water partition coefficient (Wildman–Crippen LogP) is 2.43. The van der Waals surface area contributed by atoms with E-state index < -0.39 is 0 Å². The fourth-order valence-electron chi connectivity index (χ4n) is 2.68. The Hall–Kier alpha value is -1.03. The highest BCUT2D eigenvalue weighted by Gasteiger charge is 2.28. The molecule has 0 amide bonds.